The molecule has 0 radical (unpaired) electrons. The fourth-order valence-electron chi connectivity index (χ4n) is 3.33. The lowest BCUT2D eigenvalue weighted by Gasteiger charge is -2.41. The Morgan fingerprint density at radius 3 is 2.80 bits per heavy atom. The molecule has 2 aliphatic carbocycles. The fourth-order valence-corrected chi connectivity index (χ4v) is 3.95. The molecule has 4 rings (SSSR count). The Bertz CT molecular complexity index is 641. The summed E-state index contributed by atoms with van der Waals surface area (Å²) in [5, 5.41) is 6.91. The summed E-state index contributed by atoms with van der Waals surface area (Å²) in [6.45, 7) is 2.05. The molecular weight excluding hydrogens is 264 g/mol. The van der Waals surface area contributed by atoms with Crippen molar-refractivity contribution in [3.8, 4) is 11.3 Å². The van der Waals surface area contributed by atoms with E-state index in [2.05, 4.69) is 52.1 Å². The molecule has 1 N–H and O–H groups in total. The van der Waals surface area contributed by atoms with Crippen molar-refractivity contribution in [1.29, 1.82) is 0 Å². The highest BCUT2D eigenvalue weighted by molar-refractivity contribution is 7.09. The smallest absolute Gasteiger partial charge is 0.0901 e. The van der Waals surface area contributed by atoms with Gasteiger partial charge in [0.1, 0.15) is 0 Å². The van der Waals surface area contributed by atoms with Crippen LogP contribution in [0, 0.1) is 18.8 Å². The van der Waals surface area contributed by atoms with Gasteiger partial charge in [-0.05, 0) is 37.8 Å². The number of hydrogen-bond donors (Lipinski definition) is 1. The Labute approximate surface area is 123 Å². The highest BCUT2D eigenvalue weighted by Crippen LogP contribution is 2.44. The normalized spacial score (nSPS) is 27.1. The Morgan fingerprint density at radius 1 is 1.25 bits per heavy atom. The van der Waals surface area contributed by atoms with Gasteiger partial charge in [-0.1, -0.05) is 24.3 Å². The highest BCUT2D eigenvalue weighted by Gasteiger charge is 2.40. The molecule has 1 aromatic heterocycles. The molecule has 3 heteroatoms. The van der Waals surface area contributed by atoms with Crippen molar-refractivity contribution in [2.24, 2.45) is 11.8 Å². The molecule has 0 aliphatic heterocycles. The van der Waals surface area contributed by atoms with Gasteiger partial charge < -0.3 is 5.32 Å². The summed E-state index contributed by atoms with van der Waals surface area (Å²) in [5.41, 5.74) is 3.51. The quantitative estimate of drug-likeness (QED) is 0.839. The van der Waals surface area contributed by atoms with E-state index >= 15 is 0 Å². The Hall–Kier alpha value is -1.61. The molecule has 0 bridgehead atoms. The SMILES string of the molecule is Cc1nc(-c2ccc(NC3CC4CC=CC43)cc2)cs1. The van der Waals surface area contributed by atoms with E-state index in [4.69, 9.17) is 0 Å². The molecule has 102 valence electrons. The molecular formula is C17H18N2S. The topological polar surface area (TPSA) is 24.9 Å². The van der Waals surface area contributed by atoms with Crippen LogP contribution in [-0.4, -0.2) is 11.0 Å². The van der Waals surface area contributed by atoms with Gasteiger partial charge in [-0.2, -0.15) is 0 Å². The second kappa shape index (κ2) is 4.74. The molecule has 3 atom stereocenters. The van der Waals surface area contributed by atoms with E-state index in [0.717, 1.165) is 22.5 Å². The van der Waals surface area contributed by atoms with Crippen molar-refractivity contribution in [2.45, 2.75) is 25.8 Å². The summed E-state index contributed by atoms with van der Waals surface area (Å²) in [6.07, 6.45) is 7.32. The molecule has 1 heterocycles. The van der Waals surface area contributed by atoms with Crippen LogP contribution in [0.15, 0.2) is 41.8 Å². The zero-order chi connectivity index (χ0) is 13.5. The van der Waals surface area contributed by atoms with Gasteiger partial charge in [0.15, 0.2) is 0 Å². The number of hydrogen-bond acceptors (Lipinski definition) is 3. The summed E-state index contributed by atoms with van der Waals surface area (Å²) in [7, 11) is 0. The van der Waals surface area contributed by atoms with Crippen LogP contribution < -0.4 is 5.32 Å². The summed E-state index contributed by atoms with van der Waals surface area (Å²) in [6, 6.07) is 9.31. The third-order valence-corrected chi connectivity index (χ3v) is 5.29. The van der Waals surface area contributed by atoms with Crippen molar-refractivity contribution < 1.29 is 0 Å². The van der Waals surface area contributed by atoms with Gasteiger partial charge in [-0.3, -0.25) is 0 Å². The van der Waals surface area contributed by atoms with Crippen molar-refractivity contribution >= 4 is 17.0 Å². The summed E-state index contributed by atoms with van der Waals surface area (Å²) in [4.78, 5) is 4.53. The van der Waals surface area contributed by atoms with Crippen molar-refractivity contribution in [3.63, 3.8) is 0 Å². The zero-order valence-electron chi connectivity index (χ0n) is 11.5. The first-order chi connectivity index (χ1) is 9.79. The number of nitrogens with one attached hydrogen (secondary N) is 1. The minimum atomic E-state index is 0.631. The monoisotopic (exact) mass is 282 g/mol. The predicted octanol–water partition coefficient (Wildman–Crippen LogP) is 4.50. The van der Waals surface area contributed by atoms with Gasteiger partial charge in [-0.15, -0.1) is 11.3 Å². The zero-order valence-corrected chi connectivity index (χ0v) is 12.4. The third-order valence-electron chi connectivity index (χ3n) is 4.51. The third kappa shape index (κ3) is 2.06. The maximum Gasteiger partial charge on any atom is 0.0901 e. The fraction of sp³-hybridized carbons (Fsp3) is 0.353. The predicted molar refractivity (Wildman–Crippen MR) is 85.1 cm³/mol. The number of anilines is 1. The van der Waals surface area contributed by atoms with Gasteiger partial charge >= 0.3 is 0 Å². The van der Waals surface area contributed by atoms with Gasteiger partial charge in [-0.25, -0.2) is 4.98 Å². The first-order valence-corrected chi connectivity index (χ1v) is 8.13. The minimum absolute atomic E-state index is 0.631. The summed E-state index contributed by atoms with van der Waals surface area (Å²) in [5.74, 6) is 1.67. The van der Waals surface area contributed by atoms with Crippen LogP contribution >= 0.6 is 11.3 Å². The molecule has 0 amide bonds. The lowest BCUT2D eigenvalue weighted by atomic mass is 9.71. The maximum atomic E-state index is 4.53. The van der Waals surface area contributed by atoms with Crippen LogP contribution in [0.5, 0.6) is 0 Å². The number of fused-ring (bicyclic) bond motifs is 1. The lowest BCUT2D eigenvalue weighted by molar-refractivity contribution is 0.218. The highest BCUT2D eigenvalue weighted by atomic mass is 32.1. The lowest BCUT2D eigenvalue weighted by Crippen LogP contribution is -2.43. The minimum Gasteiger partial charge on any atom is -0.382 e. The first kappa shape index (κ1) is 12.2. The van der Waals surface area contributed by atoms with Crippen molar-refractivity contribution in [3.05, 3.63) is 46.8 Å². The van der Waals surface area contributed by atoms with Crippen LogP contribution in [0.1, 0.15) is 17.8 Å². The number of aryl methyl sites for hydroxylation is 1. The number of allylic oxidation sites excluding steroid dienone is 1. The van der Waals surface area contributed by atoms with Crippen LogP contribution in [-0.2, 0) is 0 Å². The molecule has 0 saturated heterocycles. The average molecular weight is 282 g/mol. The molecule has 2 nitrogen and oxygen atoms in total. The molecule has 2 aliphatic rings. The van der Waals surface area contributed by atoms with E-state index in [-0.39, 0.29) is 0 Å². The average Bonchev–Trinajstić information content (AvgIpc) is 3.03. The van der Waals surface area contributed by atoms with E-state index in [1.807, 2.05) is 6.92 Å². The Morgan fingerprint density at radius 2 is 2.10 bits per heavy atom. The van der Waals surface area contributed by atoms with Crippen molar-refractivity contribution in [2.75, 3.05) is 5.32 Å². The Kier molecular flexibility index (Phi) is 2.88. The maximum absolute atomic E-state index is 4.53. The Balaban J connectivity index is 1.46. The van der Waals surface area contributed by atoms with Crippen molar-refractivity contribution in [1.82, 2.24) is 4.98 Å². The molecule has 1 aromatic carbocycles. The number of aromatic nitrogens is 1. The van der Waals surface area contributed by atoms with E-state index in [1.165, 1.54) is 24.1 Å². The van der Waals surface area contributed by atoms with Crippen LogP contribution in [0.25, 0.3) is 11.3 Å². The molecule has 20 heavy (non-hydrogen) atoms. The second-order valence-electron chi connectivity index (χ2n) is 5.82. The second-order valence-corrected chi connectivity index (χ2v) is 6.88. The van der Waals surface area contributed by atoms with Crippen LogP contribution in [0.3, 0.4) is 0 Å². The standard InChI is InChI=1S/C17H18N2S/c1-11-18-17(10-20-11)12-5-7-14(8-6-12)19-16-9-13-3-2-4-15(13)16/h2,4-8,10,13,15-16,19H,3,9H2,1H3. The molecule has 0 spiro atoms. The van der Waals surface area contributed by atoms with Gasteiger partial charge in [0.05, 0.1) is 10.7 Å². The van der Waals surface area contributed by atoms with E-state index in [0.29, 0.717) is 6.04 Å². The first-order valence-electron chi connectivity index (χ1n) is 7.25. The van der Waals surface area contributed by atoms with Gasteiger partial charge in [0.2, 0.25) is 0 Å². The van der Waals surface area contributed by atoms with Crippen LogP contribution in [0.4, 0.5) is 5.69 Å². The van der Waals surface area contributed by atoms with E-state index in [9.17, 15) is 0 Å². The summed E-state index contributed by atoms with van der Waals surface area (Å²) < 4.78 is 0. The molecule has 2 aromatic rings. The molecule has 1 fully saturated rings. The molecule has 1 saturated carbocycles. The number of rotatable bonds is 3. The number of thiazole rings is 1. The van der Waals surface area contributed by atoms with Crippen LogP contribution in [0.2, 0.25) is 0 Å². The molecule has 3 unspecified atom stereocenters. The van der Waals surface area contributed by atoms with E-state index in [1.54, 1.807) is 11.3 Å². The van der Waals surface area contributed by atoms with Gasteiger partial charge in [0, 0.05) is 28.6 Å². The number of benzene rings is 1. The largest absolute Gasteiger partial charge is 0.382 e. The van der Waals surface area contributed by atoms with Gasteiger partial charge in [0.25, 0.3) is 0 Å². The van der Waals surface area contributed by atoms with E-state index < -0.39 is 0 Å². The number of nitrogens with zero attached hydrogens (tertiary/aromatic N) is 1. The summed E-state index contributed by atoms with van der Waals surface area (Å²) >= 11 is 1.70.